The molecule has 1 unspecified atom stereocenters. The molecule has 1 aromatic carbocycles. The fraction of sp³-hybridized carbons (Fsp3) is 0.455. The van der Waals surface area contributed by atoms with E-state index in [2.05, 4.69) is 46.4 Å². The van der Waals surface area contributed by atoms with Crippen LogP contribution in [-0.2, 0) is 4.79 Å². The first-order chi connectivity index (χ1) is 14.1. The largest absolute Gasteiger partial charge is 0.340 e. The number of hydrogen-bond acceptors (Lipinski definition) is 6. The molecule has 1 aromatic heterocycles. The van der Waals surface area contributed by atoms with Gasteiger partial charge in [0.1, 0.15) is 11.7 Å². The van der Waals surface area contributed by atoms with Crippen LogP contribution in [0.4, 0.5) is 17.5 Å². The highest BCUT2D eigenvalue weighted by Gasteiger charge is 2.41. The number of rotatable bonds is 5. The summed E-state index contributed by atoms with van der Waals surface area (Å²) in [6, 6.07) is 8.30. The number of amides is 1. The molecule has 0 saturated heterocycles. The molecule has 1 fully saturated rings. The number of hydrogen-bond donors (Lipinski definition) is 1. The number of carbonyl (C=O) groups excluding carboxylic acids is 1. The van der Waals surface area contributed by atoms with Crippen LogP contribution in [-0.4, -0.2) is 41.2 Å². The third kappa shape index (κ3) is 3.81. The van der Waals surface area contributed by atoms with E-state index in [1.165, 1.54) is 18.4 Å². The number of aromatic nitrogens is 2. The van der Waals surface area contributed by atoms with E-state index in [1.807, 2.05) is 19.2 Å². The summed E-state index contributed by atoms with van der Waals surface area (Å²) in [6.45, 7) is 4.12. The van der Waals surface area contributed by atoms with Crippen molar-refractivity contribution < 1.29 is 4.79 Å². The molecule has 1 amide bonds. The Morgan fingerprint density at radius 3 is 2.83 bits per heavy atom. The van der Waals surface area contributed by atoms with Crippen molar-refractivity contribution in [3.05, 3.63) is 41.6 Å². The van der Waals surface area contributed by atoms with E-state index >= 15 is 0 Å². The molecule has 1 aliphatic carbocycles. The maximum Gasteiger partial charge on any atom is 0.249 e. The summed E-state index contributed by atoms with van der Waals surface area (Å²) in [7, 11) is 1.81. The van der Waals surface area contributed by atoms with Gasteiger partial charge in [0.25, 0.3) is 0 Å². The summed E-state index contributed by atoms with van der Waals surface area (Å²) < 4.78 is 0. The van der Waals surface area contributed by atoms with Crippen LogP contribution in [0.5, 0.6) is 0 Å². The molecule has 2 heterocycles. The Bertz CT molecular complexity index is 921. The molecule has 2 aliphatic rings. The zero-order chi connectivity index (χ0) is 20.4. The predicted molar refractivity (Wildman–Crippen MR) is 117 cm³/mol. The van der Waals surface area contributed by atoms with E-state index in [0.29, 0.717) is 12.0 Å². The fourth-order valence-electron chi connectivity index (χ4n) is 4.35. The number of benzene rings is 1. The molecule has 2 aromatic rings. The topological polar surface area (TPSA) is 73.7 Å². The van der Waals surface area contributed by atoms with Crippen molar-refractivity contribution in [3.63, 3.8) is 0 Å². The average Bonchev–Trinajstić information content (AvgIpc) is 3.25. The molecule has 1 aliphatic heterocycles. The minimum absolute atomic E-state index is 0.119. The van der Waals surface area contributed by atoms with E-state index in [0.717, 1.165) is 36.3 Å². The summed E-state index contributed by atoms with van der Waals surface area (Å²) in [5, 5.41) is 4.30. The Morgan fingerprint density at radius 1 is 1.31 bits per heavy atom. The standard InChI is InChI=1S/C22H28N6O/c1-4-18-21(29)27(3)19-14-23-22(25-20(19)28(18)17-10-5-6-11-17)26-24-13-16-9-7-8-15(2)12-16/h7-9,12-14,17-18H,4-6,10-11H2,1-3H3,(H,23,25,26). The maximum absolute atomic E-state index is 12.9. The van der Waals surface area contributed by atoms with Crippen molar-refractivity contribution in [1.29, 1.82) is 0 Å². The van der Waals surface area contributed by atoms with Crippen LogP contribution in [0.3, 0.4) is 0 Å². The summed E-state index contributed by atoms with van der Waals surface area (Å²) in [5.74, 6) is 1.39. The Labute approximate surface area is 171 Å². The number of nitrogens with zero attached hydrogens (tertiary/aromatic N) is 5. The first kappa shape index (κ1) is 19.4. The number of fused-ring (bicyclic) bond motifs is 1. The molecule has 1 saturated carbocycles. The van der Waals surface area contributed by atoms with Crippen LogP contribution < -0.4 is 15.2 Å². The molecule has 0 bridgehead atoms. The lowest BCUT2D eigenvalue weighted by atomic mass is 10.0. The SMILES string of the molecule is CCC1C(=O)N(C)c2cnc(NN=Cc3cccc(C)c3)nc2N1C1CCCC1. The van der Waals surface area contributed by atoms with Crippen molar-refractivity contribution in [2.24, 2.45) is 5.10 Å². The third-order valence-electron chi connectivity index (χ3n) is 5.83. The van der Waals surface area contributed by atoms with Crippen LogP contribution in [0.2, 0.25) is 0 Å². The van der Waals surface area contributed by atoms with E-state index in [-0.39, 0.29) is 11.9 Å². The van der Waals surface area contributed by atoms with E-state index < -0.39 is 0 Å². The van der Waals surface area contributed by atoms with Gasteiger partial charge in [-0.2, -0.15) is 10.1 Å². The lowest BCUT2D eigenvalue weighted by Crippen LogP contribution is -2.55. The number of likely N-dealkylation sites (N-methyl/N-ethyl adjacent to an activating group) is 1. The van der Waals surface area contributed by atoms with Crippen molar-refractivity contribution in [2.45, 2.75) is 58.0 Å². The molecule has 7 nitrogen and oxygen atoms in total. The molecule has 0 radical (unpaired) electrons. The number of hydrazone groups is 1. The van der Waals surface area contributed by atoms with Gasteiger partial charge in [-0.15, -0.1) is 0 Å². The highest BCUT2D eigenvalue weighted by molar-refractivity contribution is 6.04. The van der Waals surface area contributed by atoms with E-state index in [1.54, 1.807) is 17.3 Å². The normalized spacial score (nSPS) is 19.8. The first-order valence-electron chi connectivity index (χ1n) is 10.4. The maximum atomic E-state index is 12.9. The summed E-state index contributed by atoms with van der Waals surface area (Å²) in [4.78, 5) is 26.0. The minimum Gasteiger partial charge on any atom is -0.340 e. The predicted octanol–water partition coefficient (Wildman–Crippen LogP) is 3.74. The summed E-state index contributed by atoms with van der Waals surface area (Å²) >= 11 is 0. The van der Waals surface area contributed by atoms with Gasteiger partial charge < -0.3 is 9.80 Å². The molecule has 7 heteroatoms. The van der Waals surface area contributed by atoms with Gasteiger partial charge in [0.2, 0.25) is 11.9 Å². The van der Waals surface area contributed by atoms with E-state index in [4.69, 9.17) is 4.98 Å². The van der Waals surface area contributed by atoms with Gasteiger partial charge in [0.15, 0.2) is 5.82 Å². The van der Waals surface area contributed by atoms with E-state index in [9.17, 15) is 4.79 Å². The second-order valence-corrected chi connectivity index (χ2v) is 7.85. The van der Waals surface area contributed by atoms with Gasteiger partial charge in [-0.3, -0.25) is 4.79 Å². The second kappa shape index (κ2) is 8.19. The minimum atomic E-state index is -0.172. The number of nitrogens with one attached hydrogen (secondary N) is 1. The van der Waals surface area contributed by atoms with Gasteiger partial charge in [-0.25, -0.2) is 10.4 Å². The second-order valence-electron chi connectivity index (χ2n) is 7.85. The zero-order valence-corrected chi connectivity index (χ0v) is 17.3. The Balaban J connectivity index is 1.62. The van der Waals surface area contributed by atoms with Crippen molar-refractivity contribution in [3.8, 4) is 0 Å². The van der Waals surface area contributed by atoms with Gasteiger partial charge in [-0.1, -0.05) is 49.6 Å². The van der Waals surface area contributed by atoms with Gasteiger partial charge in [-0.05, 0) is 31.7 Å². The van der Waals surface area contributed by atoms with Crippen LogP contribution >= 0.6 is 0 Å². The molecule has 152 valence electrons. The van der Waals surface area contributed by atoms with Gasteiger partial charge >= 0.3 is 0 Å². The van der Waals surface area contributed by atoms with Crippen molar-refractivity contribution >= 4 is 29.6 Å². The molecular formula is C22H28N6O. The highest BCUT2D eigenvalue weighted by atomic mass is 16.2. The van der Waals surface area contributed by atoms with Crippen molar-refractivity contribution in [2.75, 3.05) is 22.3 Å². The fourth-order valence-corrected chi connectivity index (χ4v) is 4.35. The van der Waals surface area contributed by atoms with Crippen molar-refractivity contribution in [1.82, 2.24) is 9.97 Å². The molecular weight excluding hydrogens is 364 g/mol. The Hall–Kier alpha value is -2.96. The van der Waals surface area contributed by atoms with Gasteiger partial charge in [0, 0.05) is 13.1 Å². The number of carbonyl (C=O) groups is 1. The lowest BCUT2D eigenvalue weighted by molar-refractivity contribution is -0.120. The summed E-state index contributed by atoms with van der Waals surface area (Å²) in [5.41, 5.74) is 5.91. The first-order valence-corrected chi connectivity index (χ1v) is 10.4. The number of aryl methyl sites for hydroxylation is 1. The third-order valence-corrected chi connectivity index (χ3v) is 5.83. The summed E-state index contributed by atoms with van der Waals surface area (Å²) in [6.07, 6.45) is 8.85. The Kier molecular flexibility index (Phi) is 5.47. The van der Waals surface area contributed by atoms with Crippen LogP contribution in [0.25, 0.3) is 0 Å². The van der Waals surface area contributed by atoms with Crippen LogP contribution in [0, 0.1) is 6.92 Å². The molecule has 1 N–H and O–H groups in total. The molecule has 0 spiro atoms. The molecule has 4 rings (SSSR count). The average molecular weight is 393 g/mol. The zero-order valence-electron chi connectivity index (χ0n) is 17.3. The monoisotopic (exact) mass is 392 g/mol. The smallest absolute Gasteiger partial charge is 0.249 e. The van der Waals surface area contributed by atoms with Crippen LogP contribution in [0.1, 0.15) is 50.2 Å². The van der Waals surface area contributed by atoms with Crippen LogP contribution in [0.15, 0.2) is 35.6 Å². The molecule has 29 heavy (non-hydrogen) atoms. The van der Waals surface area contributed by atoms with Gasteiger partial charge in [0.05, 0.1) is 12.4 Å². The number of anilines is 3. The highest BCUT2D eigenvalue weighted by Crippen LogP contribution is 2.39. The molecule has 1 atom stereocenters. The Morgan fingerprint density at radius 2 is 2.10 bits per heavy atom. The lowest BCUT2D eigenvalue weighted by Gasteiger charge is -2.43. The quantitative estimate of drug-likeness (QED) is 0.620.